The lowest BCUT2D eigenvalue weighted by molar-refractivity contribution is -0.153. The van der Waals surface area contributed by atoms with Gasteiger partial charge in [-0.25, -0.2) is 9.67 Å². The van der Waals surface area contributed by atoms with Crippen molar-refractivity contribution < 1.29 is 9.53 Å². The van der Waals surface area contributed by atoms with E-state index < -0.39 is 11.6 Å². The maximum Gasteiger partial charge on any atom is 0.312 e. The molecule has 29 heavy (non-hydrogen) atoms. The zero-order valence-corrected chi connectivity index (χ0v) is 17.1. The number of benzene rings is 1. The first-order chi connectivity index (χ1) is 13.8. The molecule has 0 saturated carbocycles. The molecule has 0 radical (unpaired) electrons. The smallest absolute Gasteiger partial charge is 0.312 e. The zero-order valence-electron chi connectivity index (χ0n) is 16.2. The summed E-state index contributed by atoms with van der Waals surface area (Å²) >= 11 is 1.50. The number of hydrogen-bond acceptors (Lipinski definition) is 8. The van der Waals surface area contributed by atoms with Gasteiger partial charge in [0.25, 0.3) is 5.56 Å². The third-order valence-electron chi connectivity index (χ3n) is 4.06. The van der Waals surface area contributed by atoms with Crippen molar-refractivity contribution in [3.05, 3.63) is 57.6 Å². The van der Waals surface area contributed by atoms with Crippen LogP contribution in [0.25, 0.3) is 21.1 Å². The van der Waals surface area contributed by atoms with Crippen molar-refractivity contribution >= 4 is 38.4 Å². The highest BCUT2D eigenvalue weighted by Crippen LogP contribution is 2.22. The minimum absolute atomic E-state index is 0.105. The Bertz CT molecular complexity index is 1240. The number of ether oxygens (including phenoxy) is 1. The van der Waals surface area contributed by atoms with Gasteiger partial charge < -0.3 is 4.74 Å². The van der Waals surface area contributed by atoms with E-state index in [1.54, 1.807) is 26.8 Å². The van der Waals surface area contributed by atoms with E-state index in [1.165, 1.54) is 22.2 Å². The van der Waals surface area contributed by atoms with Crippen molar-refractivity contribution in [1.29, 1.82) is 0 Å². The Hall–Kier alpha value is -3.20. The zero-order chi connectivity index (χ0) is 20.6. The van der Waals surface area contributed by atoms with E-state index in [4.69, 9.17) is 4.74 Å². The SMILES string of the molecule is CC(C)(C)OC(=O)Cc1nn(Cc2nc3ccccc3s2)c(=O)c2ccnnc12. The van der Waals surface area contributed by atoms with Crippen LogP contribution >= 0.6 is 11.3 Å². The fourth-order valence-electron chi connectivity index (χ4n) is 2.95. The summed E-state index contributed by atoms with van der Waals surface area (Å²) in [7, 11) is 0. The van der Waals surface area contributed by atoms with Gasteiger partial charge in [0.1, 0.15) is 21.8 Å². The maximum absolute atomic E-state index is 12.9. The lowest BCUT2D eigenvalue weighted by atomic mass is 10.2. The molecule has 4 aromatic rings. The van der Waals surface area contributed by atoms with E-state index in [0.717, 1.165) is 15.2 Å². The summed E-state index contributed by atoms with van der Waals surface area (Å²) in [5.74, 6) is -0.442. The second-order valence-corrected chi connectivity index (χ2v) is 8.66. The number of rotatable bonds is 4. The molecule has 0 spiro atoms. The van der Waals surface area contributed by atoms with Gasteiger partial charge in [0.15, 0.2) is 0 Å². The van der Waals surface area contributed by atoms with E-state index in [0.29, 0.717) is 16.6 Å². The Morgan fingerprint density at radius 1 is 1.21 bits per heavy atom. The molecule has 0 aliphatic rings. The van der Waals surface area contributed by atoms with Gasteiger partial charge in [-0.2, -0.15) is 10.2 Å². The Balaban J connectivity index is 1.75. The van der Waals surface area contributed by atoms with E-state index in [9.17, 15) is 9.59 Å². The topological polar surface area (TPSA) is 99.9 Å². The van der Waals surface area contributed by atoms with Crippen LogP contribution in [0, 0.1) is 0 Å². The van der Waals surface area contributed by atoms with Gasteiger partial charge in [-0.1, -0.05) is 12.1 Å². The van der Waals surface area contributed by atoms with Gasteiger partial charge in [-0.05, 0) is 39.0 Å². The molecule has 8 nitrogen and oxygen atoms in total. The predicted octanol–water partition coefficient (Wildman–Crippen LogP) is 2.73. The summed E-state index contributed by atoms with van der Waals surface area (Å²) in [6, 6.07) is 9.36. The van der Waals surface area contributed by atoms with E-state index in [1.807, 2.05) is 24.3 Å². The van der Waals surface area contributed by atoms with Gasteiger partial charge in [0, 0.05) is 0 Å². The lowest BCUT2D eigenvalue weighted by Crippen LogP contribution is -2.28. The third-order valence-corrected chi connectivity index (χ3v) is 5.08. The molecule has 0 saturated heterocycles. The number of thiazole rings is 1. The summed E-state index contributed by atoms with van der Waals surface area (Å²) in [6.07, 6.45) is 1.34. The van der Waals surface area contributed by atoms with Gasteiger partial charge in [-0.3, -0.25) is 9.59 Å². The number of aromatic nitrogens is 5. The van der Waals surface area contributed by atoms with Gasteiger partial charge in [0.05, 0.1) is 34.8 Å². The van der Waals surface area contributed by atoms with Crippen LogP contribution in [0.15, 0.2) is 41.3 Å². The molecule has 9 heteroatoms. The third kappa shape index (κ3) is 4.14. The molecule has 3 aromatic heterocycles. The molecular weight excluding hydrogens is 390 g/mol. The normalized spacial score (nSPS) is 11.8. The van der Waals surface area contributed by atoms with E-state index in [2.05, 4.69) is 20.3 Å². The highest BCUT2D eigenvalue weighted by atomic mass is 32.1. The van der Waals surface area contributed by atoms with E-state index in [-0.39, 0.29) is 18.5 Å². The molecule has 1 aromatic carbocycles. The van der Waals surface area contributed by atoms with Crippen molar-refractivity contribution in [2.75, 3.05) is 0 Å². The molecule has 3 heterocycles. The highest BCUT2D eigenvalue weighted by Gasteiger charge is 2.21. The quantitative estimate of drug-likeness (QED) is 0.478. The van der Waals surface area contributed by atoms with Gasteiger partial charge >= 0.3 is 5.97 Å². The van der Waals surface area contributed by atoms with Crippen LogP contribution in [0.1, 0.15) is 31.5 Å². The fourth-order valence-corrected chi connectivity index (χ4v) is 3.90. The van der Waals surface area contributed by atoms with Crippen LogP contribution in [0.4, 0.5) is 0 Å². The summed E-state index contributed by atoms with van der Waals surface area (Å²) in [6.45, 7) is 5.59. The molecule has 0 atom stereocenters. The largest absolute Gasteiger partial charge is 0.460 e. The highest BCUT2D eigenvalue weighted by molar-refractivity contribution is 7.18. The number of hydrogen-bond donors (Lipinski definition) is 0. The van der Waals surface area contributed by atoms with Crippen molar-refractivity contribution in [3.63, 3.8) is 0 Å². The monoisotopic (exact) mass is 409 g/mol. The molecule has 0 aliphatic heterocycles. The molecular formula is C20H19N5O3S. The Labute approximate surface area is 170 Å². The number of carbonyl (C=O) groups excluding carboxylic acids is 1. The molecule has 0 unspecified atom stereocenters. The summed E-state index contributed by atoms with van der Waals surface area (Å²) < 4.78 is 7.75. The van der Waals surface area contributed by atoms with Gasteiger partial charge in [0.2, 0.25) is 0 Å². The molecule has 0 N–H and O–H groups in total. The molecule has 0 bridgehead atoms. The fraction of sp³-hybridized carbons (Fsp3) is 0.300. The van der Waals surface area contributed by atoms with Crippen molar-refractivity contribution in [1.82, 2.24) is 25.0 Å². The molecule has 0 amide bonds. The first kappa shape index (κ1) is 19.1. The van der Waals surface area contributed by atoms with Gasteiger partial charge in [-0.15, -0.1) is 16.4 Å². The van der Waals surface area contributed by atoms with Crippen LogP contribution < -0.4 is 5.56 Å². The maximum atomic E-state index is 12.9. The summed E-state index contributed by atoms with van der Waals surface area (Å²) in [4.78, 5) is 29.8. The van der Waals surface area contributed by atoms with Crippen LogP contribution in [0.3, 0.4) is 0 Å². The summed E-state index contributed by atoms with van der Waals surface area (Å²) in [5, 5.41) is 13.4. The standard InChI is InChI=1S/C20H19N5O3S/c1-20(2,3)28-17(26)10-14-18-12(8-9-21-23-18)19(27)25(24-14)11-16-22-13-6-4-5-7-15(13)29-16/h4-9H,10-11H2,1-3H3. The number of carbonyl (C=O) groups is 1. The number of nitrogens with zero attached hydrogens (tertiary/aromatic N) is 5. The first-order valence-corrected chi connectivity index (χ1v) is 9.89. The average Bonchev–Trinajstić information content (AvgIpc) is 3.06. The van der Waals surface area contributed by atoms with Crippen LogP contribution in [0.2, 0.25) is 0 Å². The number of fused-ring (bicyclic) bond motifs is 2. The van der Waals surface area contributed by atoms with Crippen LogP contribution in [-0.4, -0.2) is 36.5 Å². The number of esters is 1. The van der Waals surface area contributed by atoms with E-state index >= 15 is 0 Å². The Morgan fingerprint density at radius 3 is 2.76 bits per heavy atom. The molecule has 0 aliphatic carbocycles. The average molecular weight is 409 g/mol. The lowest BCUT2D eigenvalue weighted by Gasteiger charge is -2.19. The minimum Gasteiger partial charge on any atom is -0.460 e. The second kappa shape index (κ2) is 7.32. The molecule has 148 valence electrons. The first-order valence-electron chi connectivity index (χ1n) is 9.08. The molecule has 4 rings (SSSR count). The summed E-state index contributed by atoms with van der Waals surface area (Å²) in [5.41, 5.74) is 0.615. The van der Waals surface area contributed by atoms with Crippen molar-refractivity contribution in [3.8, 4) is 0 Å². The van der Waals surface area contributed by atoms with Crippen molar-refractivity contribution in [2.24, 2.45) is 0 Å². The number of para-hydroxylation sites is 1. The van der Waals surface area contributed by atoms with Crippen molar-refractivity contribution in [2.45, 2.75) is 39.3 Å². The predicted molar refractivity (Wildman–Crippen MR) is 110 cm³/mol. The Kier molecular flexibility index (Phi) is 4.83. The minimum atomic E-state index is -0.617. The Morgan fingerprint density at radius 2 is 2.00 bits per heavy atom. The van der Waals surface area contributed by atoms with Crippen LogP contribution in [-0.2, 0) is 22.5 Å². The second-order valence-electron chi connectivity index (χ2n) is 7.54. The molecule has 0 fully saturated rings. The van der Waals surface area contributed by atoms with Crippen LogP contribution in [0.5, 0.6) is 0 Å².